The molecule has 34 heavy (non-hydrogen) atoms. The average molecular weight is 457 g/mol. The third-order valence-corrected chi connectivity index (χ3v) is 7.62. The standard InChI is InChI=1S/C28H32N4O2/c1-17-11-18(2)31(15-17)28(33)21-12-22-26(25(14-21)34-4)30(3)27(29-22)24-13-20-7-5-6-8-23(20)32(24)16-19-9-10-19/h5-8,12-14,17-19H,9-11,15-16H2,1-4H3/t17-,18+/m0/s1. The molecule has 2 atom stereocenters. The maximum absolute atomic E-state index is 13.4. The zero-order valence-electron chi connectivity index (χ0n) is 20.4. The van der Waals surface area contributed by atoms with Crippen LogP contribution in [0.5, 0.6) is 5.75 Å². The largest absolute Gasteiger partial charge is 0.494 e. The molecule has 176 valence electrons. The maximum atomic E-state index is 13.4. The minimum atomic E-state index is 0.0621. The summed E-state index contributed by atoms with van der Waals surface area (Å²) in [6.07, 6.45) is 3.63. The third kappa shape index (κ3) is 3.39. The molecule has 2 aliphatic rings. The van der Waals surface area contributed by atoms with Crippen LogP contribution in [0.4, 0.5) is 0 Å². The van der Waals surface area contributed by atoms with Crippen LogP contribution in [-0.2, 0) is 13.6 Å². The summed E-state index contributed by atoms with van der Waals surface area (Å²) in [4.78, 5) is 20.5. The van der Waals surface area contributed by atoms with Crippen molar-refractivity contribution in [2.75, 3.05) is 13.7 Å². The van der Waals surface area contributed by atoms with Gasteiger partial charge in [0.05, 0.1) is 18.3 Å². The molecule has 2 aromatic heterocycles. The number of nitrogens with zero attached hydrogens (tertiary/aromatic N) is 4. The van der Waals surface area contributed by atoms with E-state index in [0.29, 0.717) is 17.2 Å². The van der Waals surface area contributed by atoms with Crippen LogP contribution in [0.3, 0.4) is 0 Å². The quantitative estimate of drug-likeness (QED) is 0.399. The van der Waals surface area contributed by atoms with E-state index in [9.17, 15) is 4.79 Å². The van der Waals surface area contributed by atoms with Crippen LogP contribution in [0.2, 0.25) is 0 Å². The number of methoxy groups -OCH3 is 1. The van der Waals surface area contributed by atoms with E-state index in [-0.39, 0.29) is 11.9 Å². The summed E-state index contributed by atoms with van der Waals surface area (Å²) in [5.74, 6) is 2.92. The molecular weight excluding hydrogens is 424 g/mol. The summed E-state index contributed by atoms with van der Waals surface area (Å²) >= 11 is 0. The van der Waals surface area contributed by atoms with Crippen molar-refractivity contribution in [3.8, 4) is 17.3 Å². The van der Waals surface area contributed by atoms with Gasteiger partial charge in [0.15, 0.2) is 5.82 Å². The summed E-state index contributed by atoms with van der Waals surface area (Å²) in [6, 6.07) is 14.9. The van der Waals surface area contributed by atoms with Gasteiger partial charge in [-0.25, -0.2) is 4.98 Å². The Kier molecular flexibility index (Phi) is 4.94. The van der Waals surface area contributed by atoms with Crippen LogP contribution in [0.15, 0.2) is 42.5 Å². The fourth-order valence-electron chi connectivity index (χ4n) is 5.72. The molecule has 3 heterocycles. The van der Waals surface area contributed by atoms with Crippen molar-refractivity contribution in [3.63, 3.8) is 0 Å². The number of carbonyl (C=O) groups excluding carboxylic acids is 1. The molecule has 1 aliphatic carbocycles. The van der Waals surface area contributed by atoms with Crippen molar-refractivity contribution < 1.29 is 9.53 Å². The van der Waals surface area contributed by atoms with Gasteiger partial charge in [-0.05, 0) is 62.3 Å². The lowest BCUT2D eigenvalue weighted by atomic mass is 10.1. The Labute approximate surface area is 200 Å². The number of hydrogen-bond acceptors (Lipinski definition) is 3. The van der Waals surface area contributed by atoms with E-state index < -0.39 is 0 Å². The Balaban J connectivity index is 1.49. The smallest absolute Gasteiger partial charge is 0.254 e. The van der Waals surface area contributed by atoms with Crippen molar-refractivity contribution >= 4 is 27.8 Å². The van der Waals surface area contributed by atoms with E-state index in [0.717, 1.165) is 48.0 Å². The van der Waals surface area contributed by atoms with E-state index in [1.807, 2.05) is 24.1 Å². The number of benzene rings is 2. The van der Waals surface area contributed by atoms with Gasteiger partial charge in [0.2, 0.25) is 0 Å². The lowest BCUT2D eigenvalue weighted by Gasteiger charge is -2.22. The molecule has 1 amide bonds. The number of aromatic nitrogens is 3. The van der Waals surface area contributed by atoms with Gasteiger partial charge in [-0.2, -0.15) is 0 Å². The lowest BCUT2D eigenvalue weighted by molar-refractivity contribution is 0.0743. The average Bonchev–Trinajstić information content (AvgIpc) is 3.37. The number of rotatable bonds is 5. The molecular formula is C28H32N4O2. The highest BCUT2D eigenvalue weighted by Gasteiger charge is 2.32. The number of carbonyl (C=O) groups is 1. The van der Waals surface area contributed by atoms with Crippen molar-refractivity contribution in [3.05, 3.63) is 48.0 Å². The maximum Gasteiger partial charge on any atom is 0.254 e. The molecule has 0 N–H and O–H groups in total. The second kappa shape index (κ2) is 7.90. The predicted octanol–water partition coefficient (Wildman–Crippen LogP) is 5.48. The van der Waals surface area contributed by atoms with Gasteiger partial charge in [0.1, 0.15) is 11.3 Å². The van der Waals surface area contributed by atoms with E-state index >= 15 is 0 Å². The Hall–Kier alpha value is -3.28. The molecule has 0 radical (unpaired) electrons. The van der Waals surface area contributed by atoms with Crippen LogP contribution < -0.4 is 4.74 Å². The number of hydrogen-bond donors (Lipinski definition) is 0. The molecule has 1 aliphatic heterocycles. The van der Waals surface area contributed by atoms with Crippen molar-refractivity contribution in [2.45, 2.75) is 45.7 Å². The van der Waals surface area contributed by atoms with E-state index in [1.165, 1.54) is 23.7 Å². The van der Waals surface area contributed by atoms with Gasteiger partial charge >= 0.3 is 0 Å². The van der Waals surface area contributed by atoms with Crippen molar-refractivity contribution in [1.82, 2.24) is 19.0 Å². The first-order chi connectivity index (χ1) is 16.4. The second-order valence-corrected chi connectivity index (χ2v) is 10.3. The number of likely N-dealkylation sites (tertiary alicyclic amines) is 1. The Morgan fingerprint density at radius 1 is 1.15 bits per heavy atom. The number of ether oxygens (including phenoxy) is 1. The number of fused-ring (bicyclic) bond motifs is 2. The van der Waals surface area contributed by atoms with Gasteiger partial charge in [0, 0.05) is 42.6 Å². The first-order valence-electron chi connectivity index (χ1n) is 12.4. The SMILES string of the molecule is COc1cc(C(=O)N2C[C@@H](C)C[C@H]2C)cc2nc(-c3cc4ccccc4n3CC3CC3)n(C)c12. The fourth-order valence-corrected chi connectivity index (χ4v) is 5.72. The predicted molar refractivity (Wildman–Crippen MR) is 135 cm³/mol. The first-order valence-corrected chi connectivity index (χ1v) is 12.4. The zero-order chi connectivity index (χ0) is 23.6. The second-order valence-electron chi connectivity index (χ2n) is 10.3. The minimum Gasteiger partial charge on any atom is -0.494 e. The van der Waals surface area contributed by atoms with Crippen LogP contribution in [-0.4, -0.2) is 44.6 Å². The highest BCUT2D eigenvalue weighted by atomic mass is 16.5. The summed E-state index contributed by atoms with van der Waals surface area (Å²) < 4.78 is 10.3. The van der Waals surface area contributed by atoms with Crippen LogP contribution >= 0.6 is 0 Å². The topological polar surface area (TPSA) is 52.3 Å². The molecule has 6 nitrogen and oxygen atoms in total. The molecule has 0 bridgehead atoms. The van der Waals surface area contributed by atoms with Gasteiger partial charge in [-0.3, -0.25) is 4.79 Å². The molecule has 6 heteroatoms. The Bertz CT molecular complexity index is 1410. The monoisotopic (exact) mass is 456 g/mol. The number of imidazole rings is 1. The zero-order valence-corrected chi connectivity index (χ0v) is 20.4. The molecule has 2 aromatic carbocycles. The summed E-state index contributed by atoms with van der Waals surface area (Å²) in [5, 5.41) is 1.23. The van der Waals surface area contributed by atoms with E-state index in [4.69, 9.17) is 9.72 Å². The number of aryl methyl sites for hydroxylation is 1. The van der Waals surface area contributed by atoms with Gasteiger partial charge in [0.25, 0.3) is 5.91 Å². The minimum absolute atomic E-state index is 0.0621. The van der Waals surface area contributed by atoms with Crippen molar-refractivity contribution in [1.29, 1.82) is 0 Å². The summed E-state index contributed by atoms with van der Waals surface area (Å²) in [7, 11) is 3.71. The summed E-state index contributed by atoms with van der Waals surface area (Å²) in [5.41, 5.74) is 4.72. The molecule has 1 saturated heterocycles. The molecule has 0 spiro atoms. The summed E-state index contributed by atoms with van der Waals surface area (Å²) in [6.45, 7) is 6.15. The molecule has 4 aromatic rings. The highest BCUT2D eigenvalue weighted by Crippen LogP contribution is 2.38. The van der Waals surface area contributed by atoms with Crippen LogP contribution in [0.25, 0.3) is 33.5 Å². The van der Waals surface area contributed by atoms with Gasteiger partial charge in [-0.1, -0.05) is 25.1 Å². The van der Waals surface area contributed by atoms with E-state index in [2.05, 4.69) is 53.3 Å². The molecule has 2 fully saturated rings. The highest BCUT2D eigenvalue weighted by molar-refractivity contribution is 6.00. The number of amides is 1. The molecule has 6 rings (SSSR count). The van der Waals surface area contributed by atoms with Gasteiger partial charge in [-0.15, -0.1) is 0 Å². The lowest BCUT2D eigenvalue weighted by Crippen LogP contribution is -2.33. The van der Waals surface area contributed by atoms with Crippen molar-refractivity contribution in [2.24, 2.45) is 18.9 Å². The van der Waals surface area contributed by atoms with Crippen LogP contribution in [0.1, 0.15) is 43.5 Å². The Morgan fingerprint density at radius 3 is 2.65 bits per heavy atom. The van der Waals surface area contributed by atoms with Gasteiger partial charge < -0.3 is 18.8 Å². The normalized spacial score (nSPS) is 20.5. The van der Waals surface area contributed by atoms with Crippen LogP contribution in [0, 0.1) is 11.8 Å². The number of para-hydroxylation sites is 1. The molecule has 0 unspecified atom stereocenters. The first kappa shape index (κ1) is 21.3. The molecule has 1 saturated carbocycles. The van der Waals surface area contributed by atoms with E-state index in [1.54, 1.807) is 7.11 Å². The third-order valence-electron chi connectivity index (χ3n) is 7.62. The Morgan fingerprint density at radius 2 is 1.94 bits per heavy atom. The fraction of sp³-hybridized carbons (Fsp3) is 0.429.